The van der Waals surface area contributed by atoms with E-state index in [9.17, 15) is 14.3 Å². The van der Waals surface area contributed by atoms with Crippen LogP contribution < -0.4 is 5.32 Å². The Balaban J connectivity index is 2.33. The third-order valence-electron chi connectivity index (χ3n) is 3.46. The summed E-state index contributed by atoms with van der Waals surface area (Å²) in [6, 6.07) is 6.22. The highest BCUT2D eigenvalue weighted by atomic mass is 19.1. The van der Waals surface area contributed by atoms with Crippen molar-refractivity contribution in [2.45, 2.75) is 45.6 Å². The van der Waals surface area contributed by atoms with Gasteiger partial charge in [-0.1, -0.05) is 32.9 Å². The molecule has 0 fully saturated rings. The summed E-state index contributed by atoms with van der Waals surface area (Å²) in [6.45, 7) is 6.32. The van der Waals surface area contributed by atoms with E-state index < -0.39 is 0 Å². The minimum atomic E-state index is -0.384. The predicted octanol–water partition coefficient (Wildman–Crippen LogP) is 2.84. The molecule has 3 nitrogen and oxygen atoms in total. The Kier molecular flexibility index (Phi) is 6.65. The van der Waals surface area contributed by atoms with Gasteiger partial charge in [-0.3, -0.25) is 4.79 Å². The largest absolute Gasteiger partial charge is 0.393 e. The number of rotatable bonds is 7. The number of nitrogens with one attached hydrogen (secondary N) is 1. The second kappa shape index (κ2) is 8.00. The van der Waals surface area contributed by atoms with Crippen LogP contribution in [-0.4, -0.2) is 23.7 Å². The number of aliphatic hydroxyl groups excluding tert-OH is 1. The number of carbonyl (C=O) groups is 1. The van der Waals surface area contributed by atoms with Crippen molar-refractivity contribution in [3.05, 3.63) is 35.6 Å². The minimum Gasteiger partial charge on any atom is -0.393 e. The summed E-state index contributed by atoms with van der Waals surface area (Å²) in [5.74, 6) is -0.0680. The maximum Gasteiger partial charge on any atom is 0.220 e. The monoisotopic (exact) mass is 281 g/mol. The van der Waals surface area contributed by atoms with Crippen LogP contribution in [0.5, 0.6) is 0 Å². The molecule has 0 bridgehead atoms. The van der Waals surface area contributed by atoms with E-state index in [1.807, 2.05) is 20.8 Å². The molecule has 0 heterocycles. The number of hydrogen-bond acceptors (Lipinski definition) is 2. The molecule has 0 aliphatic rings. The average Bonchev–Trinajstić information content (AvgIpc) is 2.39. The first-order valence-corrected chi connectivity index (χ1v) is 7.10. The van der Waals surface area contributed by atoms with Gasteiger partial charge in [0.25, 0.3) is 0 Å². The number of halogens is 1. The molecule has 1 rings (SSSR count). The molecule has 4 heteroatoms. The Bertz CT molecular complexity index is 417. The minimum absolute atomic E-state index is 0.0437. The second-order valence-corrected chi connectivity index (χ2v) is 5.61. The zero-order chi connectivity index (χ0) is 15.1. The fourth-order valence-corrected chi connectivity index (χ4v) is 1.95. The average molecular weight is 281 g/mol. The second-order valence-electron chi connectivity index (χ2n) is 5.61. The Morgan fingerprint density at radius 3 is 2.40 bits per heavy atom. The van der Waals surface area contributed by atoms with E-state index in [-0.39, 0.29) is 29.7 Å². The van der Waals surface area contributed by atoms with Crippen LogP contribution in [0.1, 0.15) is 45.1 Å². The van der Waals surface area contributed by atoms with E-state index >= 15 is 0 Å². The summed E-state index contributed by atoms with van der Waals surface area (Å²) in [5, 5.41) is 12.4. The summed E-state index contributed by atoms with van der Waals surface area (Å²) < 4.78 is 12.8. The van der Waals surface area contributed by atoms with Crippen molar-refractivity contribution in [3.63, 3.8) is 0 Å². The van der Waals surface area contributed by atoms with Gasteiger partial charge in [0.1, 0.15) is 5.82 Å². The number of aliphatic hydroxyl groups is 1. The summed E-state index contributed by atoms with van der Waals surface area (Å²) in [4.78, 5) is 11.8. The van der Waals surface area contributed by atoms with Gasteiger partial charge in [0.15, 0.2) is 0 Å². The normalized spacial score (nSPS) is 14.1. The van der Waals surface area contributed by atoms with Crippen molar-refractivity contribution in [1.82, 2.24) is 5.32 Å². The van der Waals surface area contributed by atoms with Gasteiger partial charge >= 0.3 is 0 Å². The predicted molar refractivity (Wildman–Crippen MR) is 77.9 cm³/mol. The molecule has 2 N–H and O–H groups in total. The van der Waals surface area contributed by atoms with Crippen molar-refractivity contribution >= 4 is 5.91 Å². The van der Waals surface area contributed by atoms with Crippen LogP contribution >= 0.6 is 0 Å². The molecular weight excluding hydrogens is 257 g/mol. The summed E-state index contributed by atoms with van der Waals surface area (Å²) in [5.41, 5.74) is 0.948. The summed E-state index contributed by atoms with van der Waals surface area (Å²) in [6.07, 6.45) is 0.544. The highest BCUT2D eigenvalue weighted by molar-refractivity contribution is 5.76. The van der Waals surface area contributed by atoms with Crippen LogP contribution in [0.2, 0.25) is 0 Å². The van der Waals surface area contributed by atoms with Crippen molar-refractivity contribution < 1.29 is 14.3 Å². The lowest BCUT2D eigenvalue weighted by molar-refractivity contribution is -0.121. The number of carbonyl (C=O) groups excluding carboxylic acids is 1. The van der Waals surface area contributed by atoms with Gasteiger partial charge < -0.3 is 10.4 Å². The molecule has 0 unspecified atom stereocenters. The summed E-state index contributed by atoms with van der Waals surface area (Å²) >= 11 is 0. The fraction of sp³-hybridized carbons (Fsp3) is 0.562. The first-order chi connectivity index (χ1) is 9.40. The van der Waals surface area contributed by atoms with E-state index in [2.05, 4.69) is 5.32 Å². The molecule has 0 aliphatic heterocycles. The van der Waals surface area contributed by atoms with E-state index in [1.165, 1.54) is 12.1 Å². The topological polar surface area (TPSA) is 49.3 Å². The highest BCUT2D eigenvalue weighted by Crippen LogP contribution is 2.19. The van der Waals surface area contributed by atoms with Gasteiger partial charge in [0.05, 0.1) is 6.10 Å². The number of amides is 1. The van der Waals surface area contributed by atoms with E-state index in [0.29, 0.717) is 19.4 Å². The smallest absolute Gasteiger partial charge is 0.220 e. The van der Waals surface area contributed by atoms with Gasteiger partial charge in [-0.15, -0.1) is 0 Å². The maximum atomic E-state index is 12.8. The van der Waals surface area contributed by atoms with Crippen molar-refractivity contribution in [1.29, 1.82) is 0 Å². The molecule has 0 radical (unpaired) electrons. The molecule has 1 aromatic rings. The van der Waals surface area contributed by atoms with Crippen LogP contribution in [-0.2, 0) is 4.79 Å². The third kappa shape index (κ3) is 5.70. The quantitative estimate of drug-likeness (QED) is 0.807. The Labute approximate surface area is 120 Å². The van der Waals surface area contributed by atoms with Crippen molar-refractivity contribution in [3.8, 4) is 0 Å². The fourth-order valence-electron chi connectivity index (χ4n) is 1.95. The van der Waals surface area contributed by atoms with Crippen molar-refractivity contribution in [2.75, 3.05) is 6.54 Å². The zero-order valence-corrected chi connectivity index (χ0v) is 12.4. The Morgan fingerprint density at radius 1 is 1.25 bits per heavy atom. The molecule has 2 atom stereocenters. The number of benzene rings is 1. The molecule has 20 heavy (non-hydrogen) atoms. The van der Waals surface area contributed by atoms with Gasteiger partial charge in [-0.05, 0) is 36.0 Å². The van der Waals surface area contributed by atoms with E-state index in [1.54, 1.807) is 12.1 Å². The van der Waals surface area contributed by atoms with Gasteiger partial charge in [0, 0.05) is 13.0 Å². The Morgan fingerprint density at radius 2 is 1.85 bits per heavy atom. The highest BCUT2D eigenvalue weighted by Gasteiger charge is 2.13. The van der Waals surface area contributed by atoms with Crippen LogP contribution in [0, 0.1) is 11.7 Å². The molecular formula is C16H24FNO2. The number of hydrogen-bond donors (Lipinski definition) is 2. The molecule has 1 aromatic carbocycles. The standard InChI is InChI=1S/C16H24FNO2/c1-11(2)15(19)8-9-18-16(20)10-12(3)13-4-6-14(17)7-5-13/h4-7,11-12,15,19H,8-10H2,1-3H3,(H,18,20)/t12-,15-/m1/s1. The van der Waals surface area contributed by atoms with Crippen LogP contribution in [0.15, 0.2) is 24.3 Å². The lowest BCUT2D eigenvalue weighted by atomic mass is 9.97. The molecule has 112 valence electrons. The van der Waals surface area contributed by atoms with Crippen LogP contribution in [0.3, 0.4) is 0 Å². The first-order valence-electron chi connectivity index (χ1n) is 7.10. The third-order valence-corrected chi connectivity index (χ3v) is 3.46. The van der Waals surface area contributed by atoms with E-state index in [0.717, 1.165) is 5.56 Å². The zero-order valence-electron chi connectivity index (χ0n) is 12.4. The van der Waals surface area contributed by atoms with Crippen LogP contribution in [0.25, 0.3) is 0 Å². The van der Waals surface area contributed by atoms with Crippen molar-refractivity contribution in [2.24, 2.45) is 5.92 Å². The maximum absolute atomic E-state index is 12.8. The molecule has 1 amide bonds. The van der Waals surface area contributed by atoms with Gasteiger partial charge in [-0.2, -0.15) is 0 Å². The van der Waals surface area contributed by atoms with Gasteiger partial charge in [0.2, 0.25) is 5.91 Å². The molecule has 0 saturated heterocycles. The van der Waals surface area contributed by atoms with E-state index in [4.69, 9.17) is 0 Å². The molecule has 0 saturated carbocycles. The Hall–Kier alpha value is -1.42. The first kappa shape index (κ1) is 16.6. The molecule has 0 spiro atoms. The molecule has 0 aliphatic carbocycles. The summed E-state index contributed by atoms with van der Waals surface area (Å²) in [7, 11) is 0. The van der Waals surface area contributed by atoms with Gasteiger partial charge in [-0.25, -0.2) is 4.39 Å². The van der Waals surface area contributed by atoms with Crippen LogP contribution in [0.4, 0.5) is 4.39 Å². The SMILES string of the molecule is CC(C)[C@H](O)CCNC(=O)C[C@@H](C)c1ccc(F)cc1. The lowest BCUT2D eigenvalue weighted by Crippen LogP contribution is -2.29. The lowest BCUT2D eigenvalue weighted by Gasteiger charge is -2.15. The molecule has 0 aromatic heterocycles.